The van der Waals surface area contributed by atoms with Crippen molar-refractivity contribution in [3.8, 4) is 22.4 Å². The van der Waals surface area contributed by atoms with Gasteiger partial charge in [-0.2, -0.15) is 9.61 Å². The third-order valence-corrected chi connectivity index (χ3v) is 6.49. The molecule has 2 aromatic carbocycles. The van der Waals surface area contributed by atoms with E-state index in [4.69, 9.17) is 4.98 Å². The Morgan fingerprint density at radius 3 is 2.42 bits per heavy atom. The molecule has 1 unspecified atom stereocenters. The lowest BCUT2D eigenvalue weighted by atomic mass is 9.91. The average molecular weight is 435 g/mol. The summed E-state index contributed by atoms with van der Waals surface area (Å²) in [6.45, 7) is 6.56. The molecule has 0 fully saturated rings. The summed E-state index contributed by atoms with van der Waals surface area (Å²) >= 11 is 0. The van der Waals surface area contributed by atoms with Crippen LogP contribution in [0, 0.1) is 12.8 Å². The van der Waals surface area contributed by atoms with Gasteiger partial charge in [-0.1, -0.05) is 87.7 Å². The van der Waals surface area contributed by atoms with Crippen molar-refractivity contribution in [3.63, 3.8) is 0 Å². The molecular formula is C29H30N4. The molecule has 4 nitrogen and oxygen atoms in total. The molecule has 1 atom stereocenters. The fraction of sp³-hybridized carbons (Fsp3) is 0.276. The van der Waals surface area contributed by atoms with Crippen LogP contribution in [-0.2, 0) is 6.42 Å². The van der Waals surface area contributed by atoms with Gasteiger partial charge in [-0.3, -0.25) is 0 Å². The van der Waals surface area contributed by atoms with Gasteiger partial charge in [-0.15, -0.1) is 0 Å². The number of hydrogen-bond acceptors (Lipinski definition) is 3. The zero-order valence-electron chi connectivity index (χ0n) is 19.6. The normalized spacial score (nSPS) is 12.5. The van der Waals surface area contributed by atoms with E-state index in [2.05, 4.69) is 78.5 Å². The Labute approximate surface area is 195 Å². The maximum atomic E-state index is 5.16. The molecule has 33 heavy (non-hydrogen) atoms. The first kappa shape index (κ1) is 21.3. The van der Waals surface area contributed by atoms with Crippen molar-refractivity contribution >= 4 is 16.7 Å². The molecule has 5 aromatic rings. The third kappa shape index (κ3) is 4.25. The van der Waals surface area contributed by atoms with E-state index in [9.17, 15) is 0 Å². The van der Waals surface area contributed by atoms with Gasteiger partial charge in [0.05, 0.1) is 11.4 Å². The van der Waals surface area contributed by atoms with Crippen molar-refractivity contribution in [1.29, 1.82) is 0 Å². The summed E-state index contributed by atoms with van der Waals surface area (Å²) in [4.78, 5) is 9.75. The molecule has 0 radical (unpaired) electrons. The molecule has 0 amide bonds. The Morgan fingerprint density at radius 2 is 1.70 bits per heavy atom. The molecule has 3 aromatic heterocycles. The van der Waals surface area contributed by atoms with Crippen molar-refractivity contribution in [2.24, 2.45) is 5.92 Å². The maximum Gasteiger partial charge on any atom is 0.165 e. The number of benzene rings is 2. The van der Waals surface area contributed by atoms with Crippen LogP contribution in [0.4, 0.5) is 0 Å². The zero-order valence-corrected chi connectivity index (χ0v) is 19.6. The Morgan fingerprint density at radius 1 is 0.909 bits per heavy atom. The molecule has 3 heterocycles. The zero-order chi connectivity index (χ0) is 22.8. The molecule has 0 aliphatic rings. The summed E-state index contributed by atoms with van der Waals surface area (Å²) in [5.74, 6) is 0.753. The van der Waals surface area contributed by atoms with E-state index in [0.29, 0.717) is 0 Å². The molecule has 0 saturated carbocycles. The van der Waals surface area contributed by atoms with Crippen LogP contribution in [-0.4, -0.2) is 19.6 Å². The molecule has 5 rings (SSSR count). The van der Waals surface area contributed by atoms with Crippen molar-refractivity contribution in [3.05, 3.63) is 84.2 Å². The van der Waals surface area contributed by atoms with Crippen molar-refractivity contribution in [1.82, 2.24) is 19.6 Å². The van der Waals surface area contributed by atoms with Gasteiger partial charge in [0.1, 0.15) is 0 Å². The van der Waals surface area contributed by atoms with Crippen LogP contribution in [0.1, 0.15) is 44.4 Å². The molecule has 0 N–H and O–H groups in total. The van der Waals surface area contributed by atoms with E-state index in [0.717, 1.165) is 57.1 Å². The summed E-state index contributed by atoms with van der Waals surface area (Å²) in [5, 5.41) is 5.63. The number of pyridine rings is 1. The minimum absolute atomic E-state index is 0.753. The van der Waals surface area contributed by atoms with Gasteiger partial charge >= 0.3 is 0 Å². The van der Waals surface area contributed by atoms with Gasteiger partial charge in [0, 0.05) is 28.8 Å². The highest BCUT2D eigenvalue weighted by molar-refractivity contribution is 5.90. The SMILES string of the molecule is CCCC(CC)Cc1ccc(-c2nc3c(cnc4cc(C)nn43)cc2-c2ccccc2)cc1. The highest BCUT2D eigenvalue weighted by Crippen LogP contribution is 2.34. The van der Waals surface area contributed by atoms with E-state index in [1.807, 2.05) is 29.8 Å². The summed E-state index contributed by atoms with van der Waals surface area (Å²) in [7, 11) is 0. The van der Waals surface area contributed by atoms with Crippen LogP contribution in [0.5, 0.6) is 0 Å². The van der Waals surface area contributed by atoms with Gasteiger partial charge in [0.2, 0.25) is 0 Å². The number of aromatic nitrogens is 4. The van der Waals surface area contributed by atoms with Gasteiger partial charge in [0.15, 0.2) is 11.3 Å². The largest absolute Gasteiger partial charge is 0.236 e. The maximum absolute atomic E-state index is 5.16. The number of rotatable bonds is 7. The highest BCUT2D eigenvalue weighted by Gasteiger charge is 2.15. The van der Waals surface area contributed by atoms with Gasteiger partial charge in [-0.05, 0) is 36.5 Å². The Balaban J connectivity index is 1.64. The van der Waals surface area contributed by atoms with Crippen LogP contribution in [0.3, 0.4) is 0 Å². The lowest BCUT2D eigenvalue weighted by molar-refractivity contribution is 0.462. The number of hydrogen-bond donors (Lipinski definition) is 0. The minimum Gasteiger partial charge on any atom is -0.236 e. The smallest absolute Gasteiger partial charge is 0.165 e. The summed E-state index contributed by atoms with van der Waals surface area (Å²) in [6, 6.07) is 23.6. The minimum atomic E-state index is 0.753. The lowest BCUT2D eigenvalue weighted by Gasteiger charge is -2.15. The van der Waals surface area contributed by atoms with Crippen molar-refractivity contribution in [2.45, 2.75) is 46.5 Å². The van der Waals surface area contributed by atoms with E-state index in [-0.39, 0.29) is 0 Å². The Hall–Kier alpha value is -3.53. The standard InChI is InChI=1S/C29H30N4/c1-4-9-21(5-2)17-22-12-14-24(15-13-22)28-26(23-10-7-6-8-11-23)18-25-19-30-27-16-20(3)32-33(27)29(25)31-28/h6-8,10-16,18-19,21H,4-5,9,17H2,1-3H3. The molecule has 166 valence electrons. The van der Waals surface area contributed by atoms with Crippen LogP contribution < -0.4 is 0 Å². The highest BCUT2D eigenvalue weighted by atomic mass is 15.3. The topological polar surface area (TPSA) is 43.1 Å². The fourth-order valence-electron chi connectivity index (χ4n) is 4.70. The lowest BCUT2D eigenvalue weighted by Crippen LogP contribution is -2.03. The van der Waals surface area contributed by atoms with Crippen LogP contribution in [0.2, 0.25) is 0 Å². The van der Waals surface area contributed by atoms with Crippen LogP contribution >= 0.6 is 0 Å². The molecule has 0 spiro atoms. The molecule has 0 aliphatic carbocycles. The predicted octanol–water partition coefficient (Wildman–Crippen LogP) is 7.29. The van der Waals surface area contributed by atoms with Gasteiger partial charge in [0.25, 0.3) is 0 Å². The number of nitrogens with zero attached hydrogens (tertiary/aromatic N) is 4. The van der Waals surface area contributed by atoms with Crippen LogP contribution in [0.15, 0.2) is 72.9 Å². The van der Waals surface area contributed by atoms with E-state index < -0.39 is 0 Å². The molecule has 4 heteroatoms. The first-order valence-corrected chi connectivity index (χ1v) is 12.0. The number of fused-ring (bicyclic) bond motifs is 3. The van der Waals surface area contributed by atoms with Gasteiger partial charge in [-0.25, -0.2) is 9.97 Å². The molecule has 0 bridgehead atoms. The average Bonchev–Trinajstić information content (AvgIpc) is 3.24. The third-order valence-electron chi connectivity index (χ3n) is 6.49. The Bertz CT molecular complexity index is 1380. The van der Waals surface area contributed by atoms with E-state index in [1.165, 1.54) is 24.8 Å². The first-order valence-electron chi connectivity index (χ1n) is 12.0. The van der Waals surface area contributed by atoms with E-state index >= 15 is 0 Å². The van der Waals surface area contributed by atoms with E-state index in [1.54, 1.807) is 0 Å². The quantitative estimate of drug-likeness (QED) is 0.270. The molecule has 0 aliphatic heterocycles. The summed E-state index contributed by atoms with van der Waals surface area (Å²) in [6.07, 6.45) is 6.80. The second-order valence-corrected chi connectivity index (χ2v) is 8.94. The summed E-state index contributed by atoms with van der Waals surface area (Å²) in [5.41, 5.74) is 8.35. The fourth-order valence-corrected chi connectivity index (χ4v) is 4.70. The second kappa shape index (κ2) is 9.14. The molecular weight excluding hydrogens is 404 g/mol. The van der Waals surface area contributed by atoms with Crippen LogP contribution in [0.25, 0.3) is 39.1 Å². The predicted molar refractivity (Wildman–Crippen MR) is 136 cm³/mol. The van der Waals surface area contributed by atoms with Crippen molar-refractivity contribution in [2.75, 3.05) is 0 Å². The summed E-state index contributed by atoms with van der Waals surface area (Å²) < 4.78 is 1.86. The van der Waals surface area contributed by atoms with Gasteiger partial charge < -0.3 is 0 Å². The molecule has 0 saturated heterocycles. The Kier molecular flexibility index (Phi) is 5.91. The number of aryl methyl sites for hydroxylation is 1. The first-order chi connectivity index (χ1) is 16.2. The monoisotopic (exact) mass is 434 g/mol. The second-order valence-electron chi connectivity index (χ2n) is 8.94. The van der Waals surface area contributed by atoms with Crippen molar-refractivity contribution < 1.29 is 0 Å².